The van der Waals surface area contributed by atoms with E-state index in [4.69, 9.17) is 10.2 Å². The molecule has 1 fully saturated rings. The first-order valence-corrected chi connectivity index (χ1v) is 5.27. The van der Waals surface area contributed by atoms with Crippen LogP contribution in [0.5, 0.6) is 0 Å². The van der Waals surface area contributed by atoms with Crippen molar-refractivity contribution in [2.45, 2.75) is 38.1 Å². The Morgan fingerprint density at radius 1 is 1.13 bits per heavy atom. The Hall–Kier alpha value is -1.10. The minimum atomic E-state index is -0.804. The van der Waals surface area contributed by atoms with Gasteiger partial charge in [-0.2, -0.15) is 0 Å². The van der Waals surface area contributed by atoms with Crippen LogP contribution >= 0.6 is 0 Å². The Balaban J connectivity index is 2.14. The number of rotatable bonds is 5. The Labute approximate surface area is 88.5 Å². The number of hydrogen-bond donors (Lipinski definition) is 3. The Bertz CT molecular complexity index is 231. The van der Waals surface area contributed by atoms with Crippen molar-refractivity contribution in [1.29, 1.82) is 0 Å². The minimum absolute atomic E-state index is 0.124. The van der Waals surface area contributed by atoms with Gasteiger partial charge in [0.05, 0.1) is 12.3 Å². The summed E-state index contributed by atoms with van der Waals surface area (Å²) >= 11 is 0. The van der Waals surface area contributed by atoms with Crippen molar-refractivity contribution in [3.63, 3.8) is 0 Å². The molecule has 0 aliphatic heterocycles. The lowest BCUT2D eigenvalue weighted by molar-refractivity contribution is -0.142. The van der Waals surface area contributed by atoms with Gasteiger partial charge in [0.1, 0.15) is 0 Å². The lowest BCUT2D eigenvalue weighted by atomic mass is 9.86. The molecule has 3 N–H and O–H groups in total. The summed E-state index contributed by atoms with van der Waals surface area (Å²) in [6, 6.07) is 0.292. The van der Waals surface area contributed by atoms with E-state index in [0.29, 0.717) is 25.4 Å². The van der Waals surface area contributed by atoms with Gasteiger partial charge in [-0.05, 0) is 25.7 Å². The van der Waals surface area contributed by atoms with Crippen molar-refractivity contribution in [1.82, 2.24) is 5.32 Å². The molecule has 0 atom stereocenters. The van der Waals surface area contributed by atoms with Crippen LogP contribution in [0.1, 0.15) is 32.1 Å². The van der Waals surface area contributed by atoms with Crippen LogP contribution in [0.15, 0.2) is 0 Å². The number of carboxylic acids is 2. The highest BCUT2D eigenvalue weighted by atomic mass is 16.4. The summed E-state index contributed by atoms with van der Waals surface area (Å²) in [6.07, 6.45) is 3.17. The zero-order chi connectivity index (χ0) is 11.3. The summed E-state index contributed by atoms with van der Waals surface area (Å²) in [6.45, 7) is 0.470. The molecule has 0 amide bonds. The lowest BCUT2D eigenvalue weighted by Crippen LogP contribution is -2.36. The lowest BCUT2D eigenvalue weighted by Gasteiger charge is -2.26. The number of nitrogens with one attached hydrogen (secondary N) is 1. The van der Waals surface area contributed by atoms with E-state index in [0.717, 1.165) is 12.8 Å². The molecule has 0 spiro atoms. The first-order valence-electron chi connectivity index (χ1n) is 5.27. The summed E-state index contributed by atoms with van der Waals surface area (Å²) in [5, 5.41) is 20.4. The molecule has 0 aromatic heterocycles. The third kappa shape index (κ3) is 4.29. The van der Waals surface area contributed by atoms with Crippen LogP contribution in [0, 0.1) is 5.92 Å². The van der Waals surface area contributed by atoms with Crippen molar-refractivity contribution in [2.75, 3.05) is 6.54 Å². The molecule has 5 nitrogen and oxygen atoms in total. The average Bonchev–Trinajstić information content (AvgIpc) is 2.18. The monoisotopic (exact) mass is 215 g/mol. The molecule has 0 bridgehead atoms. The van der Waals surface area contributed by atoms with Crippen molar-refractivity contribution in [3.05, 3.63) is 0 Å². The topological polar surface area (TPSA) is 86.6 Å². The quantitative estimate of drug-likeness (QED) is 0.628. The fourth-order valence-corrected chi connectivity index (χ4v) is 1.93. The molecule has 0 aromatic carbocycles. The van der Waals surface area contributed by atoms with Gasteiger partial charge in [-0.1, -0.05) is 0 Å². The summed E-state index contributed by atoms with van der Waals surface area (Å²) in [5.41, 5.74) is 0. The first kappa shape index (κ1) is 12.0. The number of carbonyl (C=O) groups is 2. The van der Waals surface area contributed by atoms with E-state index in [1.165, 1.54) is 0 Å². The van der Waals surface area contributed by atoms with E-state index >= 15 is 0 Å². The normalized spacial score (nSPS) is 26.1. The summed E-state index contributed by atoms with van der Waals surface area (Å²) in [4.78, 5) is 20.9. The molecular formula is C10H17NO4. The molecule has 0 unspecified atom stereocenters. The molecule has 86 valence electrons. The van der Waals surface area contributed by atoms with Gasteiger partial charge in [-0.15, -0.1) is 0 Å². The maximum Gasteiger partial charge on any atom is 0.306 e. The average molecular weight is 215 g/mol. The Morgan fingerprint density at radius 2 is 1.73 bits per heavy atom. The fourth-order valence-electron chi connectivity index (χ4n) is 1.93. The number of aliphatic carboxylic acids is 2. The highest BCUT2D eigenvalue weighted by molar-refractivity contribution is 5.70. The van der Waals surface area contributed by atoms with Crippen molar-refractivity contribution >= 4 is 11.9 Å². The zero-order valence-corrected chi connectivity index (χ0v) is 8.61. The van der Waals surface area contributed by atoms with Crippen molar-refractivity contribution in [3.8, 4) is 0 Å². The van der Waals surface area contributed by atoms with Crippen LogP contribution in [0.2, 0.25) is 0 Å². The van der Waals surface area contributed by atoms with Crippen LogP contribution in [-0.2, 0) is 9.59 Å². The minimum Gasteiger partial charge on any atom is -0.481 e. The van der Waals surface area contributed by atoms with Gasteiger partial charge in [0, 0.05) is 12.6 Å². The van der Waals surface area contributed by atoms with Crippen molar-refractivity contribution < 1.29 is 19.8 Å². The second-order valence-corrected chi connectivity index (χ2v) is 3.98. The standard InChI is InChI=1S/C10H17NO4/c12-9(13)5-6-11-8-3-1-7(2-4-8)10(14)15/h7-8,11H,1-6H2,(H,12,13)(H,14,15). The highest BCUT2D eigenvalue weighted by Gasteiger charge is 2.25. The molecule has 0 heterocycles. The van der Waals surface area contributed by atoms with Gasteiger partial charge in [-0.3, -0.25) is 9.59 Å². The zero-order valence-electron chi connectivity index (χ0n) is 8.61. The van der Waals surface area contributed by atoms with E-state index in [2.05, 4.69) is 5.32 Å². The SMILES string of the molecule is O=C(O)CCNC1CCC(C(=O)O)CC1. The summed E-state index contributed by atoms with van der Waals surface area (Å²) < 4.78 is 0. The second kappa shape index (κ2) is 5.70. The molecule has 1 aliphatic carbocycles. The molecule has 1 saturated carbocycles. The molecule has 1 rings (SSSR count). The predicted octanol–water partition coefficient (Wildman–Crippen LogP) is 0.694. The van der Waals surface area contributed by atoms with Crippen LogP contribution in [0.25, 0.3) is 0 Å². The first-order chi connectivity index (χ1) is 7.09. The molecular weight excluding hydrogens is 198 g/mol. The molecule has 0 aromatic rings. The van der Waals surface area contributed by atoms with Crippen molar-refractivity contribution in [2.24, 2.45) is 5.92 Å². The predicted molar refractivity (Wildman–Crippen MR) is 53.6 cm³/mol. The van der Waals surface area contributed by atoms with Gasteiger partial charge >= 0.3 is 11.9 Å². The van der Waals surface area contributed by atoms with Crippen LogP contribution < -0.4 is 5.32 Å². The molecule has 0 radical (unpaired) electrons. The third-order valence-corrected chi connectivity index (χ3v) is 2.85. The summed E-state index contributed by atoms with van der Waals surface area (Å²) in [7, 11) is 0. The van der Waals surface area contributed by atoms with Gasteiger partial charge in [0.25, 0.3) is 0 Å². The van der Waals surface area contributed by atoms with Crippen LogP contribution in [0.4, 0.5) is 0 Å². The molecule has 15 heavy (non-hydrogen) atoms. The smallest absolute Gasteiger partial charge is 0.306 e. The second-order valence-electron chi connectivity index (χ2n) is 3.98. The highest BCUT2D eigenvalue weighted by Crippen LogP contribution is 2.24. The van der Waals surface area contributed by atoms with Crippen LogP contribution in [-0.4, -0.2) is 34.7 Å². The van der Waals surface area contributed by atoms with E-state index in [-0.39, 0.29) is 12.3 Å². The number of hydrogen-bond acceptors (Lipinski definition) is 3. The number of carboxylic acid groups (broad SMARTS) is 2. The van der Waals surface area contributed by atoms with Gasteiger partial charge in [0.15, 0.2) is 0 Å². The Kier molecular flexibility index (Phi) is 4.55. The van der Waals surface area contributed by atoms with Gasteiger partial charge in [-0.25, -0.2) is 0 Å². The fraction of sp³-hybridized carbons (Fsp3) is 0.800. The summed E-state index contributed by atoms with van der Waals surface area (Å²) in [5.74, 6) is -1.72. The van der Waals surface area contributed by atoms with Gasteiger partial charge < -0.3 is 15.5 Å². The maximum atomic E-state index is 10.7. The van der Waals surface area contributed by atoms with E-state index in [1.807, 2.05) is 0 Å². The van der Waals surface area contributed by atoms with E-state index < -0.39 is 11.9 Å². The van der Waals surface area contributed by atoms with E-state index in [9.17, 15) is 9.59 Å². The van der Waals surface area contributed by atoms with Crippen LogP contribution in [0.3, 0.4) is 0 Å². The Morgan fingerprint density at radius 3 is 2.20 bits per heavy atom. The largest absolute Gasteiger partial charge is 0.481 e. The molecule has 0 saturated heterocycles. The van der Waals surface area contributed by atoms with E-state index in [1.54, 1.807) is 0 Å². The maximum absolute atomic E-state index is 10.7. The molecule has 1 aliphatic rings. The third-order valence-electron chi connectivity index (χ3n) is 2.85. The molecule has 5 heteroatoms. The van der Waals surface area contributed by atoms with Gasteiger partial charge in [0.2, 0.25) is 0 Å².